The molecule has 3 heterocycles. The molecule has 2 aromatic heterocycles. The van der Waals surface area contributed by atoms with Crippen LogP contribution in [0.2, 0.25) is 0 Å². The number of benzene rings is 1. The van der Waals surface area contributed by atoms with Gasteiger partial charge in [-0.15, -0.1) is 0 Å². The number of nitrogens with zero attached hydrogens (tertiary/aromatic N) is 2. The number of aryl methyl sites for hydroxylation is 1. The highest BCUT2D eigenvalue weighted by Crippen LogP contribution is 2.30. The predicted molar refractivity (Wildman–Crippen MR) is 103 cm³/mol. The summed E-state index contributed by atoms with van der Waals surface area (Å²) in [6.07, 6.45) is 4.22. The molecule has 6 heteroatoms. The van der Waals surface area contributed by atoms with Crippen molar-refractivity contribution in [1.29, 1.82) is 0 Å². The van der Waals surface area contributed by atoms with Crippen molar-refractivity contribution in [3.05, 3.63) is 64.1 Å². The first-order valence-corrected chi connectivity index (χ1v) is 9.20. The fourth-order valence-electron chi connectivity index (χ4n) is 3.30. The maximum Gasteiger partial charge on any atom is 0.200 e. The van der Waals surface area contributed by atoms with Crippen LogP contribution in [0.1, 0.15) is 18.1 Å². The van der Waals surface area contributed by atoms with E-state index in [1.807, 2.05) is 30.0 Å². The smallest absolute Gasteiger partial charge is 0.200 e. The van der Waals surface area contributed by atoms with E-state index in [2.05, 4.69) is 4.98 Å². The zero-order valence-corrected chi connectivity index (χ0v) is 15.3. The van der Waals surface area contributed by atoms with Crippen molar-refractivity contribution in [1.82, 2.24) is 4.98 Å². The van der Waals surface area contributed by atoms with E-state index < -0.39 is 0 Å². The van der Waals surface area contributed by atoms with Gasteiger partial charge in [-0.3, -0.25) is 9.78 Å². The first kappa shape index (κ1) is 17.5. The number of fused-ring (bicyclic) bond motifs is 1. The van der Waals surface area contributed by atoms with E-state index in [0.29, 0.717) is 56.2 Å². The molecule has 0 aliphatic carbocycles. The lowest BCUT2D eigenvalue weighted by atomic mass is 10.1. The lowest BCUT2D eigenvalue weighted by Gasteiger charge is -2.27. The van der Waals surface area contributed by atoms with Gasteiger partial charge in [0.25, 0.3) is 0 Å². The van der Waals surface area contributed by atoms with Gasteiger partial charge in [0.15, 0.2) is 11.3 Å². The van der Waals surface area contributed by atoms with Gasteiger partial charge in [0.2, 0.25) is 0 Å². The molecule has 0 amide bonds. The van der Waals surface area contributed by atoms with Crippen LogP contribution in [0.3, 0.4) is 0 Å². The van der Waals surface area contributed by atoms with Crippen LogP contribution in [0.5, 0.6) is 5.75 Å². The van der Waals surface area contributed by atoms with Crippen LogP contribution in [-0.4, -0.2) is 31.3 Å². The number of anilines is 1. The summed E-state index contributed by atoms with van der Waals surface area (Å²) in [6, 6.07) is 9.05. The Kier molecular flexibility index (Phi) is 5.07. The molecule has 4 rings (SSSR count). The number of rotatable bonds is 5. The molecule has 1 saturated heterocycles. The van der Waals surface area contributed by atoms with Crippen molar-refractivity contribution in [3.8, 4) is 5.75 Å². The summed E-state index contributed by atoms with van der Waals surface area (Å²) in [4.78, 5) is 18.8. The molecule has 0 unspecified atom stereocenters. The summed E-state index contributed by atoms with van der Waals surface area (Å²) >= 11 is 0. The fourth-order valence-corrected chi connectivity index (χ4v) is 3.30. The number of hydrogen-bond donors (Lipinski definition) is 0. The zero-order valence-electron chi connectivity index (χ0n) is 15.3. The molecule has 140 valence electrons. The molecular formula is C21H22N2O4. The Morgan fingerprint density at radius 2 is 2.07 bits per heavy atom. The fraction of sp³-hybridized carbons (Fsp3) is 0.333. The van der Waals surface area contributed by atoms with Gasteiger partial charge in [-0.2, -0.15) is 0 Å². The summed E-state index contributed by atoms with van der Waals surface area (Å²) in [7, 11) is 0. The quantitative estimate of drug-likeness (QED) is 0.691. The molecule has 0 spiro atoms. The molecule has 3 aromatic rings. The van der Waals surface area contributed by atoms with E-state index >= 15 is 0 Å². The van der Waals surface area contributed by atoms with Gasteiger partial charge in [0.05, 0.1) is 18.6 Å². The van der Waals surface area contributed by atoms with Crippen molar-refractivity contribution in [3.63, 3.8) is 0 Å². The normalized spacial score (nSPS) is 14.5. The van der Waals surface area contributed by atoms with Crippen LogP contribution in [0.15, 0.2) is 51.9 Å². The van der Waals surface area contributed by atoms with Crippen LogP contribution in [0, 0.1) is 0 Å². The average molecular weight is 366 g/mol. The van der Waals surface area contributed by atoms with Crippen LogP contribution in [0.4, 0.5) is 5.88 Å². The molecule has 1 fully saturated rings. The molecule has 0 radical (unpaired) electrons. The van der Waals surface area contributed by atoms with Crippen LogP contribution in [0.25, 0.3) is 11.0 Å². The van der Waals surface area contributed by atoms with Crippen LogP contribution in [-0.2, 0) is 17.8 Å². The number of aromatic nitrogens is 1. The summed E-state index contributed by atoms with van der Waals surface area (Å²) in [5.74, 6) is 1.33. The van der Waals surface area contributed by atoms with Crippen molar-refractivity contribution >= 4 is 16.9 Å². The molecular weight excluding hydrogens is 344 g/mol. The van der Waals surface area contributed by atoms with Gasteiger partial charge in [0, 0.05) is 42.7 Å². The molecule has 27 heavy (non-hydrogen) atoms. The number of hydrogen-bond acceptors (Lipinski definition) is 6. The van der Waals surface area contributed by atoms with Crippen molar-refractivity contribution in [2.45, 2.75) is 20.0 Å². The second-order valence-corrected chi connectivity index (χ2v) is 6.47. The molecule has 6 nitrogen and oxygen atoms in total. The molecule has 1 aliphatic heterocycles. The molecule has 0 atom stereocenters. The van der Waals surface area contributed by atoms with E-state index in [-0.39, 0.29) is 5.43 Å². The highest BCUT2D eigenvalue weighted by atomic mass is 16.5. The van der Waals surface area contributed by atoms with E-state index in [1.54, 1.807) is 24.5 Å². The van der Waals surface area contributed by atoms with Crippen LogP contribution >= 0.6 is 0 Å². The van der Waals surface area contributed by atoms with E-state index in [1.165, 1.54) is 0 Å². The lowest BCUT2D eigenvalue weighted by Crippen LogP contribution is -2.36. The standard InChI is InChI=1S/C21H22N2O4/c1-2-16-19(26-14-15-4-3-7-22-13-15)6-5-17-18(24)12-20(27-21(16)17)23-8-10-25-11-9-23/h3-7,12-13H,2,8-11,14H2,1H3. The Labute approximate surface area is 157 Å². The minimum Gasteiger partial charge on any atom is -0.488 e. The van der Waals surface area contributed by atoms with Gasteiger partial charge in [0.1, 0.15) is 17.9 Å². The Hall–Kier alpha value is -2.86. The third-order valence-electron chi connectivity index (χ3n) is 4.74. The van der Waals surface area contributed by atoms with Gasteiger partial charge in [-0.05, 0) is 24.6 Å². The average Bonchev–Trinajstić information content (AvgIpc) is 2.73. The Morgan fingerprint density at radius 1 is 1.22 bits per heavy atom. The third-order valence-corrected chi connectivity index (χ3v) is 4.74. The van der Waals surface area contributed by atoms with E-state index in [4.69, 9.17) is 13.9 Å². The van der Waals surface area contributed by atoms with E-state index in [9.17, 15) is 4.79 Å². The predicted octanol–water partition coefficient (Wildman–Crippen LogP) is 3.17. The zero-order chi connectivity index (χ0) is 18.6. The third kappa shape index (κ3) is 3.66. The number of pyridine rings is 1. The summed E-state index contributed by atoms with van der Waals surface area (Å²) in [5.41, 5.74) is 2.47. The molecule has 0 N–H and O–H groups in total. The van der Waals surface area contributed by atoms with Gasteiger partial charge >= 0.3 is 0 Å². The Morgan fingerprint density at radius 3 is 2.81 bits per heavy atom. The topological polar surface area (TPSA) is 64.8 Å². The first-order valence-electron chi connectivity index (χ1n) is 9.20. The first-order chi connectivity index (χ1) is 13.3. The van der Waals surface area contributed by atoms with Gasteiger partial charge < -0.3 is 18.8 Å². The lowest BCUT2D eigenvalue weighted by molar-refractivity contribution is 0.121. The summed E-state index contributed by atoms with van der Waals surface area (Å²) in [6.45, 7) is 5.15. The second-order valence-electron chi connectivity index (χ2n) is 6.47. The SMILES string of the molecule is CCc1c(OCc2cccnc2)ccc2c(=O)cc(N3CCOCC3)oc12. The largest absolute Gasteiger partial charge is 0.488 e. The highest BCUT2D eigenvalue weighted by molar-refractivity contribution is 5.83. The van der Waals surface area contributed by atoms with Crippen LogP contribution < -0.4 is 15.1 Å². The van der Waals surface area contributed by atoms with Gasteiger partial charge in [-0.1, -0.05) is 13.0 Å². The minimum atomic E-state index is -0.0359. The summed E-state index contributed by atoms with van der Waals surface area (Å²) in [5, 5.41) is 0.581. The Balaban J connectivity index is 1.71. The maximum absolute atomic E-state index is 12.6. The Bertz CT molecular complexity index is 979. The minimum absolute atomic E-state index is 0.0359. The monoisotopic (exact) mass is 366 g/mol. The highest BCUT2D eigenvalue weighted by Gasteiger charge is 2.18. The number of morpholine rings is 1. The van der Waals surface area contributed by atoms with Crippen molar-refractivity contribution < 1.29 is 13.9 Å². The van der Waals surface area contributed by atoms with Crippen molar-refractivity contribution in [2.75, 3.05) is 31.2 Å². The van der Waals surface area contributed by atoms with Crippen molar-refractivity contribution in [2.24, 2.45) is 0 Å². The maximum atomic E-state index is 12.6. The number of ether oxygens (including phenoxy) is 2. The second kappa shape index (κ2) is 7.80. The van der Waals surface area contributed by atoms with E-state index in [0.717, 1.165) is 16.9 Å². The molecule has 0 bridgehead atoms. The van der Waals surface area contributed by atoms with Gasteiger partial charge in [-0.25, -0.2) is 0 Å². The molecule has 1 aliphatic rings. The molecule has 0 saturated carbocycles. The molecule has 1 aromatic carbocycles. The summed E-state index contributed by atoms with van der Waals surface area (Å²) < 4.78 is 17.6.